The minimum atomic E-state index is -0.0724. The monoisotopic (exact) mass is 196 g/mol. The Morgan fingerprint density at radius 2 is 2.00 bits per heavy atom. The lowest BCUT2D eigenvalue weighted by atomic mass is 10.2. The largest absolute Gasteiger partial charge is 0.871 e. The number of hydrogen-bond acceptors (Lipinski definition) is 2. The van der Waals surface area contributed by atoms with Gasteiger partial charge >= 0.3 is 0 Å². The number of allylic oxidation sites excluding steroid dienone is 7. The first kappa shape index (κ1) is 9.46. The van der Waals surface area contributed by atoms with E-state index in [0.717, 1.165) is 5.57 Å². The van der Waals surface area contributed by atoms with Gasteiger partial charge in [0.2, 0.25) is 0 Å². The Balaban J connectivity index is 2.18. The first-order chi connectivity index (χ1) is 7.36. The van der Waals surface area contributed by atoms with Gasteiger partial charge < -0.3 is 5.11 Å². The topological polar surface area (TPSA) is 36.0 Å². The molecule has 0 bridgehead atoms. The van der Waals surface area contributed by atoms with E-state index >= 15 is 0 Å². The van der Waals surface area contributed by atoms with E-state index in [0.29, 0.717) is 5.69 Å². The quantitative estimate of drug-likeness (QED) is 0.676. The highest BCUT2D eigenvalue weighted by Gasteiger charge is 1.90. The van der Waals surface area contributed by atoms with Crippen LogP contribution < -0.4 is 5.11 Å². The van der Waals surface area contributed by atoms with Crippen molar-refractivity contribution in [2.75, 3.05) is 0 Å². The highest BCUT2D eigenvalue weighted by atomic mass is 16.3. The number of pyridine rings is 1. The van der Waals surface area contributed by atoms with Crippen molar-refractivity contribution in [1.29, 1.82) is 0 Å². The fraction of sp³-hybridized carbons (Fsp3) is 0. The van der Waals surface area contributed by atoms with Crippen molar-refractivity contribution in [2.45, 2.75) is 0 Å². The Labute approximate surface area is 88.6 Å². The van der Waals surface area contributed by atoms with Gasteiger partial charge in [-0.3, -0.25) is 4.98 Å². The Bertz CT molecular complexity index is 439. The summed E-state index contributed by atoms with van der Waals surface area (Å²) in [4.78, 5) is 3.98. The summed E-state index contributed by atoms with van der Waals surface area (Å²) in [5.74, 6) is -0.0724. The van der Waals surface area contributed by atoms with Gasteiger partial charge in [0, 0.05) is 6.20 Å². The molecule has 0 spiro atoms. The van der Waals surface area contributed by atoms with Crippen LogP contribution in [-0.4, -0.2) is 4.98 Å². The van der Waals surface area contributed by atoms with Gasteiger partial charge in [-0.15, -0.1) is 0 Å². The normalized spacial score (nSPS) is 14.7. The molecule has 0 atom stereocenters. The first-order valence-corrected chi connectivity index (χ1v) is 4.71. The van der Waals surface area contributed by atoms with Gasteiger partial charge in [-0.25, -0.2) is 0 Å². The van der Waals surface area contributed by atoms with E-state index in [-0.39, 0.29) is 5.76 Å². The molecule has 2 heteroatoms. The molecule has 0 fully saturated rings. The summed E-state index contributed by atoms with van der Waals surface area (Å²) in [6.45, 7) is 0. The molecule has 15 heavy (non-hydrogen) atoms. The van der Waals surface area contributed by atoms with Crippen LogP contribution in [-0.2, 0) is 0 Å². The smallest absolute Gasteiger partial charge is 0.0551 e. The van der Waals surface area contributed by atoms with Crippen LogP contribution in [0.3, 0.4) is 0 Å². The van der Waals surface area contributed by atoms with Gasteiger partial charge in [-0.2, -0.15) is 0 Å². The van der Waals surface area contributed by atoms with Crippen molar-refractivity contribution in [3.63, 3.8) is 0 Å². The lowest BCUT2D eigenvalue weighted by Crippen LogP contribution is -2.03. The summed E-state index contributed by atoms with van der Waals surface area (Å²) in [6.07, 6.45) is 12.7. The molecule has 1 aliphatic carbocycles. The Morgan fingerprint density at radius 3 is 2.67 bits per heavy atom. The Morgan fingerprint density at radius 1 is 1.20 bits per heavy atom. The minimum absolute atomic E-state index is 0.0724. The highest BCUT2D eigenvalue weighted by molar-refractivity contribution is 5.56. The summed E-state index contributed by atoms with van der Waals surface area (Å²) in [6, 6.07) is 5.30. The molecule has 0 saturated heterocycles. The summed E-state index contributed by atoms with van der Waals surface area (Å²) < 4.78 is 0. The SMILES string of the molecule is [O-]/C(=C\C=C1C=CC=C1)c1ccccn1. The molecule has 1 aromatic heterocycles. The van der Waals surface area contributed by atoms with E-state index < -0.39 is 0 Å². The van der Waals surface area contributed by atoms with E-state index in [1.807, 2.05) is 24.3 Å². The second kappa shape index (κ2) is 4.42. The Kier molecular flexibility index (Phi) is 2.79. The second-order valence-electron chi connectivity index (χ2n) is 3.13. The van der Waals surface area contributed by atoms with Crippen LogP contribution >= 0.6 is 0 Å². The third-order valence-corrected chi connectivity index (χ3v) is 2.03. The summed E-state index contributed by atoms with van der Waals surface area (Å²) in [5, 5.41) is 11.6. The molecule has 1 heterocycles. The average molecular weight is 196 g/mol. The molecule has 0 N–H and O–H groups in total. The molecule has 0 aliphatic heterocycles. The fourth-order valence-corrected chi connectivity index (χ4v) is 1.27. The highest BCUT2D eigenvalue weighted by Crippen LogP contribution is 2.09. The van der Waals surface area contributed by atoms with Crippen LogP contribution in [0.2, 0.25) is 0 Å². The Hall–Kier alpha value is -2.09. The van der Waals surface area contributed by atoms with Gasteiger partial charge in [0.1, 0.15) is 0 Å². The van der Waals surface area contributed by atoms with E-state index in [1.165, 1.54) is 6.08 Å². The van der Waals surface area contributed by atoms with E-state index in [2.05, 4.69) is 4.98 Å². The minimum Gasteiger partial charge on any atom is -0.871 e. The van der Waals surface area contributed by atoms with Crippen molar-refractivity contribution in [3.05, 3.63) is 72.1 Å². The van der Waals surface area contributed by atoms with Crippen LogP contribution in [0.4, 0.5) is 0 Å². The lowest BCUT2D eigenvalue weighted by molar-refractivity contribution is -0.244. The number of hydrogen-bond donors (Lipinski definition) is 0. The molecule has 0 amide bonds. The zero-order valence-corrected chi connectivity index (χ0v) is 8.13. The van der Waals surface area contributed by atoms with E-state index in [1.54, 1.807) is 30.5 Å². The van der Waals surface area contributed by atoms with Crippen molar-refractivity contribution < 1.29 is 5.11 Å². The van der Waals surface area contributed by atoms with Crippen LogP contribution in [0, 0.1) is 0 Å². The van der Waals surface area contributed by atoms with Crippen LogP contribution in [0.15, 0.2) is 66.4 Å². The predicted octanol–water partition coefficient (Wildman–Crippen LogP) is 1.84. The van der Waals surface area contributed by atoms with Gasteiger partial charge in [0.15, 0.2) is 0 Å². The first-order valence-electron chi connectivity index (χ1n) is 4.71. The van der Waals surface area contributed by atoms with E-state index in [4.69, 9.17) is 0 Å². The van der Waals surface area contributed by atoms with Gasteiger partial charge in [-0.05, 0) is 17.7 Å². The van der Waals surface area contributed by atoms with Gasteiger partial charge in [0.05, 0.1) is 5.69 Å². The summed E-state index contributed by atoms with van der Waals surface area (Å²) in [7, 11) is 0. The fourth-order valence-electron chi connectivity index (χ4n) is 1.27. The van der Waals surface area contributed by atoms with Crippen LogP contribution in [0.25, 0.3) is 5.76 Å². The maximum atomic E-state index is 11.6. The third-order valence-electron chi connectivity index (χ3n) is 2.03. The molecule has 2 nitrogen and oxygen atoms in total. The molecule has 0 saturated carbocycles. The lowest BCUT2D eigenvalue weighted by Gasteiger charge is -2.08. The number of rotatable bonds is 2. The third kappa shape index (κ3) is 2.44. The predicted molar refractivity (Wildman–Crippen MR) is 58.6 cm³/mol. The van der Waals surface area contributed by atoms with Crippen LogP contribution in [0.5, 0.6) is 0 Å². The molecule has 74 valence electrons. The zero-order chi connectivity index (χ0) is 10.5. The van der Waals surface area contributed by atoms with Crippen LogP contribution in [0.1, 0.15) is 5.69 Å². The van der Waals surface area contributed by atoms with Gasteiger partial charge in [-0.1, -0.05) is 48.3 Å². The molecule has 0 aromatic carbocycles. The molecular weight excluding hydrogens is 186 g/mol. The summed E-state index contributed by atoms with van der Waals surface area (Å²) >= 11 is 0. The van der Waals surface area contributed by atoms with E-state index in [9.17, 15) is 5.11 Å². The zero-order valence-electron chi connectivity index (χ0n) is 8.13. The van der Waals surface area contributed by atoms with Crippen molar-refractivity contribution in [3.8, 4) is 0 Å². The average Bonchev–Trinajstić information content (AvgIpc) is 2.80. The standard InChI is InChI=1S/C13H11NO/c15-13(12-7-3-4-10-14-12)9-8-11-5-1-2-6-11/h1-10,15H/p-1/b13-9-. The number of nitrogens with zero attached hydrogens (tertiary/aromatic N) is 1. The molecule has 2 rings (SSSR count). The molecule has 0 radical (unpaired) electrons. The molecular formula is C13H10NO-. The molecule has 1 aliphatic rings. The maximum Gasteiger partial charge on any atom is 0.0551 e. The number of aromatic nitrogens is 1. The van der Waals surface area contributed by atoms with Crippen molar-refractivity contribution in [1.82, 2.24) is 4.98 Å². The second-order valence-corrected chi connectivity index (χ2v) is 3.13. The molecule has 1 aromatic rings. The maximum absolute atomic E-state index is 11.6. The van der Waals surface area contributed by atoms with Crippen molar-refractivity contribution in [2.24, 2.45) is 0 Å². The van der Waals surface area contributed by atoms with Crippen molar-refractivity contribution >= 4 is 5.76 Å². The summed E-state index contributed by atoms with van der Waals surface area (Å²) in [5.41, 5.74) is 1.50. The molecule has 0 unspecified atom stereocenters. The van der Waals surface area contributed by atoms with Gasteiger partial charge in [0.25, 0.3) is 0 Å².